The van der Waals surface area contributed by atoms with E-state index in [0.717, 1.165) is 5.56 Å². The van der Waals surface area contributed by atoms with Crippen LogP contribution in [0, 0.1) is 5.92 Å². The van der Waals surface area contributed by atoms with Gasteiger partial charge in [0, 0.05) is 12.6 Å². The Labute approximate surface area is 130 Å². The zero-order valence-corrected chi connectivity index (χ0v) is 13.5. The molecule has 0 aliphatic carbocycles. The molecule has 120 valence electrons. The topological polar surface area (TPSA) is 66.8 Å². The number of carbonyl (C=O) groups excluding carboxylic acids is 2. The molecule has 0 saturated heterocycles. The molecule has 1 unspecified atom stereocenters. The van der Waals surface area contributed by atoms with Crippen LogP contribution in [0.2, 0.25) is 0 Å². The molecule has 1 aromatic carbocycles. The van der Waals surface area contributed by atoms with Crippen molar-refractivity contribution in [1.29, 1.82) is 0 Å². The standard InChI is InChI=1S/C17H23NO4/c1-5-18-14-10-12(19)8-6-11(14)7-9-13(15(18)20)16(21)22-17(2,3)4/h6,8,10,13,19H,5,7,9H2,1-4H3. The summed E-state index contributed by atoms with van der Waals surface area (Å²) in [4.78, 5) is 26.6. The SMILES string of the molecule is CCN1C(=O)C(C(=O)OC(C)(C)C)CCc2ccc(O)cc21. The Morgan fingerprint density at radius 2 is 2.09 bits per heavy atom. The van der Waals surface area contributed by atoms with Gasteiger partial charge in [0.05, 0.1) is 5.69 Å². The number of benzene rings is 1. The van der Waals surface area contributed by atoms with Crippen molar-refractivity contribution in [3.63, 3.8) is 0 Å². The summed E-state index contributed by atoms with van der Waals surface area (Å²) in [6, 6.07) is 4.98. The van der Waals surface area contributed by atoms with E-state index in [9.17, 15) is 14.7 Å². The third-order valence-corrected chi connectivity index (χ3v) is 3.63. The van der Waals surface area contributed by atoms with Crippen LogP contribution in [-0.4, -0.2) is 29.1 Å². The minimum atomic E-state index is -0.797. The molecule has 0 saturated carbocycles. The number of aromatic hydroxyl groups is 1. The average Bonchev–Trinajstić information content (AvgIpc) is 2.52. The van der Waals surface area contributed by atoms with E-state index in [1.54, 1.807) is 43.9 Å². The monoisotopic (exact) mass is 305 g/mol. The molecule has 1 heterocycles. The number of rotatable bonds is 2. The van der Waals surface area contributed by atoms with Crippen molar-refractivity contribution in [3.05, 3.63) is 23.8 Å². The Kier molecular flexibility index (Phi) is 4.44. The van der Waals surface area contributed by atoms with Gasteiger partial charge in [-0.05, 0) is 52.2 Å². The van der Waals surface area contributed by atoms with E-state index in [1.807, 2.05) is 6.92 Å². The number of esters is 1. The first-order chi connectivity index (χ1) is 10.2. The predicted octanol–water partition coefficient (Wildman–Crippen LogP) is 2.65. The fourth-order valence-corrected chi connectivity index (χ4v) is 2.66. The van der Waals surface area contributed by atoms with Gasteiger partial charge < -0.3 is 14.7 Å². The Bertz CT molecular complexity index is 589. The zero-order valence-electron chi connectivity index (χ0n) is 13.5. The molecule has 1 aromatic rings. The minimum Gasteiger partial charge on any atom is -0.508 e. The summed E-state index contributed by atoms with van der Waals surface area (Å²) in [6.07, 6.45) is 1.02. The van der Waals surface area contributed by atoms with Gasteiger partial charge in [-0.15, -0.1) is 0 Å². The number of nitrogens with zero attached hydrogens (tertiary/aromatic N) is 1. The first-order valence-corrected chi connectivity index (χ1v) is 7.59. The number of hydrogen-bond donors (Lipinski definition) is 1. The third-order valence-electron chi connectivity index (χ3n) is 3.63. The van der Waals surface area contributed by atoms with Crippen molar-refractivity contribution in [3.8, 4) is 5.75 Å². The van der Waals surface area contributed by atoms with Gasteiger partial charge in [-0.25, -0.2) is 0 Å². The fraction of sp³-hybridized carbons (Fsp3) is 0.529. The van der Waals surface area contributed by atoms with E-state index >= 15 is 0 Å². The lowest BCUT2D eigenvalue weighted by Gasteiger charge is -2.26. The summed E-state index contributed by atoms with van der Waals surface area (Å²) in [6.45, 7) is 7.65. The van der Waals surface area contributed by atoms with Gasteiger partial charge in [-0.3, -0.25) is 9.59 Å². The molecule has 22 heavy (non-hydrogen) atoms. The second-order valence-corrected chi connectivity index (χ2v) is 6.52. The molecular weight excluding hydrogens is 282 g/mol. The lowest BCUT2D eigenvalue weighted by atomic mass is 10.00. The highest BCUT2D eigenvalue weighted by molar-refractivity contribution is 6.07. The summed E-state index contributed by atoms with van der Waals surface area (Å²) in [5.41, 5.74) is 1.02. The molecule has 5 heteroatoms. The molecular formula is C17H23NO4. The molecule has 5 nitrogen and oxygen atoms in total. The number of amides is 1. The molecule has 1 atom stereocenters. The fourth-order valence-electron chi connectivity index (χ4n) is 2.66. The van der Waals surface area contributed by atoms with Crippen molar-refractivity contribution < 1.29 is 19.4 Å². The summed E-state index contributed by atoms with van der Waals surface area (Å²) >= 11 is 0. The highest BCUT2D eigenvalue weighted by Crippen LogP contribution is 2.33. The Balaban J connectivity index is 2.33. The second kappa shape index (κ2) is 5.99. The van der Waals surface area contributed by atoms with E-state index in [-0.39, 0.29) is 11.7 Å². The van der Waals surface area contributed by atoms with Crippen LogP contribution in [0.3, 0.4) is 0 Å². The summed E-state index contributed by atoms with van der Waals surface area (Å²) < 4.78 is 5.38. The van der Waals surface area contributed by atoms with E-state index in [4.69, 9.17) is 4.74 Å². The van der Waals surface area contributed by atoms with Crippen molar-refractivity contribution in [2.45, 2.75) is 46.1 Å². The van der Waals surface area contributed by atoms with Crippen LogP contribution >= 0.6 is 0 Å². The van der Waals surface area contributed by atoms with Crippen molar-refractivity contribution >= 4 is 17.6 Å². The first-order valence-electron chi connectivity index (χ1n) is 7.59. The normalized spacial score (nSPS) is 18.6. The maximum absolute atomic E-state index is 12.7. The number of anilines is 1. The number of ether oxygens (including phenoxy) is 1. The first kappa shape index (κ1) is 16.3. The van der Waals surface area contributed by atoms with E-state index < -0.39 is 17.5 Å². The van der Waals surface area contributed by atoms with E-state index in [2.05, 4.69) is 0 Å². The van der Waals surface area contributed by atoms with Crippen molar-refractivity contribution in [1.82, 2.24) is 0 Å². The quantitative estimate of drug-likeness (QED) is 0.674. The van der Waals surface area contributed by atoms with Crippen LogP contribution in [0.4, 0.5) is 5.69 Å². The van der Waals surface area contributed by atoms with Gasteiger partial charge in [0.15, 0.2) is 0 Å². The number of hydrogen-bond acceptors (Lipinski definition) is 4. The molecule has 0 bridgehead atoms. The predicted molar refractivity (Wildman–Crippen MR) is 83.8 cm³/mol. The summed E-state index contributed by atoms with van der Waals surface area (Å²) in [7, 11) is 0. The van der Waals surface area contributed by atoms with Gasteiger partial charge >= 0.3 is 5.97 Å². The van der Waals surface area contributed by atoms with Crippen LogP contribution in [0.25, 0.3) is 0 Å². The molecule has 0 radical (unpaired) electrons. The molecule has 1 N–H and O–H groups in total. The summed E-state index contributed by atoms with van der Waals surface area (Å²) in [5, 5.41) is 9.68. The van der Waals surface area contributed by atoms with Crippen molar-refractivity contribution in [2.75, 3.05) is 11.4 Å². The highest BCUT2D eigenvalue weighted by Gasteiger charge is 2.37. The van der Waals surface area contributed by atoms with Crippen LogP contribution in [0.15, 0.2) is 18.2 Å². The number of carbonyl (C=O) groups is 2. The molecule has 2 rings (SSSR count). The smallest absolute Gasteiger partial charge is 0.319 e. The molecule has 1 aliphatic rings. The van der Waals surface area contributed by atoms with Crippen LogP contribution < -0.4 is 4.90 Å². The number of phenols is 1. The van der Waals surface area contributed by atoms with Crippen LogP contribution in [-0.2, 0) is 20.7 Å². The molecule has 1 aliphatic heterocycles. The Morgan fingerprint density at radius 1 is 1.41 bits per heavy atom. The molecule has 0 spiro atoms. The summed E-state index contributed by atoms with van der Waals surface area (Å²) in [5.74, 6) is -1.43. The zero-order chi connectivity index (χ0) is 16.5. The third kappa shape index (κ3) is 3.40. The lowest BCUT2D eigenvalue weighted by Crippen LogP contribution is -2.41. The Morgan fingerprint density at radius 3 is 2.68 bits per heavy atom. The average molecular weight is 305 g/mol. The van der Waals surface area contributed by atoms with Gasteiger partial charge in [0.1, 0.15) is 17.3 Å². The van der Waals surface area contributed by atoms with Crippen LogP contribution in [0.5, 0.6) is 5.75 Å². The van der Waals surface area contributed by atoms with Crippen molar-refractivity contribution in [2.24, 2.45) is 5.92 Å². The van der Waals surface area contributed by atoms with Crippen LogP contribution in [0.1, 0.15) is 39.7 Å². The maximum Gasteiger partial charge on any atom is 0.319 e. The van der Waals surface area contributed by atoms with Gasteiger partial charge in [0.2, 0.25) is 5.91 Å². The molecule has 0 aromatic heterocycles. The maximum atomic E-state index is 12.7. The second-order valence-electron chi connectivity index (χ2n) is 6.52. The number of fused-ring (bicyclic) bond motifs is 1. The number of phenolic OH excluding ortho intramolecular Hbond substituents is 1. The minimum absolute atomic E-state index is 0.112. The largest absolute Gasteiger partial charge is 0.508 e. The Hall–Kier alpha value is -2.04. The molecule has 1 amide bonds. The number of aryl methyl sites for hydroxylation is 1. The van der Waals surface area contributed by atoms with Gasteiger partial charge in [-0.2, -0.15) is 0 Å². The molecule has 0 fully saturated rings. The van der Waals surface area contributed by atoms with Gasteiger partial charge in [0.25, 0.3) is 0 Å². The van der Waals surface area contributed by atoms with E-state index in [0.29, 0.717) is 25.1 Å². The van der Waals surface area contributed by atoms with Gasteiger partial charge in [-0.1, -0.05) is 6.07 Å². The lowest BCUT2D eigenvalue weighted by molar-refractivity contribution is -0.162. The van der Waals surface area contributed by atoms with E-state index in [1.165, 1.54) is 0 Å². The highest BCUT2D eigenvalue weighted by atomic mass is 16.6.